The number of aromatic amines is 1. The van der Waals surface area contributed by atoms with Gasteiger partial charge in [0, 0.05) is 42.0 Å². The van der Waals surface area contributed by atoms with Crippen LogP contribution in [0.1, 0.15) is 32.7 Å². The lowest BCUT2D eigenvalue weighted by Crippen LogP contribution is -2.31. The average molecular weight is 395 g/mol. The normalized spacial score (nSPS) is 16.2. The van der Waals surface area contributed by atoms with Gasteiger partial charge in [0.25, 0.3) is 5.91 Å². The van der Waals surface area contributed by atoms with Gasteiger partial charge in [-0.25, -0.2) is 0 Å². The molecule has 1 fully saturated rings. The Balaban J connectivity index is 1.39. The maximum atomic E-state index is 12.8. The third-order valence-corrected chi connectivity index (χ3v) is 5.13. The molecule has 1 saturated heterocycles. The molecule has 1 amide bonds. The monoisotopic (exact) mass is 394 g/mol. The molecule has 2 aromatic carbocycles. The summed E-state index contributed by atoms with van der Waals surface area (Å²) < 4.78 is 5.94. The Morgan fingerprint density at radius 1 is 1.00 bits per heavy atom. The van der Waals surface area contributed by atoms with Gasteiger partial charge in [0.2, 0.25) is 0 Å². The van der Waals surface area contributed by atoms with Crippen molar-refractivity contribution in [1.29, 1.82) is 0 Å². The van der Waals surface area contributed by atoms with Gasteiger partial charge in [0.05, 0.1) is 11.6 Å². The summed E-state index contributed by atoms with van der Waals surface area (Å²) in [5.41, 5.74) is 1.71. The van der Waals surface area contributed by atoms with Crippen LogP contribution in [0.5, 0.6) is 5.75 Å². The molecule has 4 rings (SSSR count). The van der Waals surface area contributed by atoms with Crippen LogP contribution < -0.4 is 4.74 Å². The van der Waals surface area contributed by atoms with Crippen molar-refractivity contribution in [2.24, 2.45) is 0 Å². The van der Waals surface area contributed by atoms with Crippen LogP contribution in [0.3, 0.4) is 0 Å². The van der Waals surface area contributed by atoms with E-state index in [0.717, 1.165) is 6.42 Å². The molecule has 6 heteroatoms. The number of hydrogen-bond donors (Lipinski definition) is 1. The summed E-state index contributed by atoms with van der Waals surface area (Å²) in [6.45, 7) is 1.13. The highest BCUT2D eigenvalue weighted by Crippen LogP contribution is 2.27. The SMILES string of the molecule is O=C(c1ccc(C(=O)N2CC[C@@H](Oc3ccccc3Cl)C2)cc1)c1cc[nH]c1. The highest BCUT2D eigenvalue weighted by molar-refractivity contribution is 6.32. The van der Waals surface area contributed by atoms with E-state index in [1.165, 1.54) is 0 Å². The fraction of sp³-hybridized carbons (Fsp3) is 0.182. The number of H-pyrrole nitrogens is 1. The maximum absolute atomic E-state index is 12.8. The number of nitrogens with zero attached hydrogens (tertiary/aromatic N) is 1. The lowest BCUT2D eigenvalue weighted by molar-refractivity contribution is 0.0772. The standard InChI is InChI=1S/C22H19ClN2O3/c23-19-3-1-2-4-20(19)28-18-10-12-25(14-18)22(27)16-7-5-15(6-8-16)21(26)17-9-11-24-13-17/h1-9,11,13,18,24H,10,12,14H2/t18-/m1/s1. The molecule has 1 aliphatic rings. The number of ether oxygens (including phenoxy) is 1. The van der Waals surface area contributed by atoms with Crippen LogP contribution in [0.2, 0.25) is 5.02 Å². The third-order valence-electron chi connectivity index (χ3n) is 4.82. The number of para-hydroxylation sites is 1. The van der Waals surface area contributed by atoms with E-state index in [2.05, 4.69) is 4.98 Å². The minimum absolute atomic E-state index is 0.0640. The summed E-state index contributed by atoms with van der Waals surface area (Å²) in [4.78, 5) is 29.8. The summed E-state index contributed by atoms with van der Waals surface area (Å²) in [5, 5.41) is 0.565. The molecule has 0 radical (unpaired) electrons. The van der Waals surface area contributed by atoms with Crippen molar-refractivity contribution < 1.29 is 14.3 Å². The molecular weight excluding hydrogens is 376 g/mol. The first-order valence-corrected chi connectivity index (χ1v) is 9.47. The number of amides is 1. The molecule has 0 spiro atoms. The number of rotatable bonds is 5. The van der Waals surface area contributed by atoms with E-state index in [0.29, 0.717) is 40.6 Å². The first-order valence-electron chi connectivity index (χ1n) is 9.10. The molecule has 1 atom stereocenters. The largest absolute Gasteiger partial charge is 0.487 e. The topological polar surface area (TPSA) is 62.4 Å². The Kier molecular flexibility index (Phi) is 5.17. The van der Waals surface area contributed by atoms with Gasteiger partial charge in [-0.05, 0) is 30.3 Å². The molecule has 142 valence electrons. The first kappa shape index (κ1) is 18.3. The number of aromatic nitrogens is 1. The zero-order valence-electron chi connectivity index (χ0n) is 15.1. The highest BCUT2D eigenvalue weighted by Gasteiger charge is 2.28. The quantitative estimate of drug-likeness (QED) is 0.660. The molecule has 3 aromatic rings. The van der Waals surface area contributed by atoms with Gasteiger partial charge in [-0.1, -0.05) is 35.9 Å². The predicted molar refractivity (Wildman–Crippen MR) is 107 cm³/mol. The molecule has 5 nitrogen and oxygen atoms in total. The lowest BCUT2D eigenvalue weighted by atomic mass is 10.0. The molecule has 1 N–H and O–H groups in total. The second kappa shape index (κ2) is 7.90. The molecule has 0 bridgehead atoms. The fourth-order valence-electron chi connectivity index (χ4n) is 3.31. The van der Waals surface area contributed by atoms with Crippen molar-refractivity contribution >= 4 is 23.3 Å². The number of halogens is 1. The van der Waals surface area contributed by atoms with Gasteiger partial charge in [-0.3, -0.25) is 9.59 Å². The number of carbonyl (C=O) groups is 2. The Morgan fingerprint density at radius 3 is 2.46 bits per heavy atom. The second-order valence-corrected chi connectivity index (χ2v) is 7.12. The number of nitrogens with one attached hydrogen (secondary N) is 1. The van der Waals surface area contributed by atoms with Crippen LogP contribution >= 0.6 is 11.6 Å². The van der Waals surface area contributed by atoms with Gasteiger partial charge in [-0.15, -0.1) is 0 Å². The van der Waals surface area contributed by atoms with E-state index in [1.807, 2.05) is 18.2 Å². The molecule has 0 saturated carbocycles. The molecule has 0 unspecified atom stereocenters. The van der Waals surface area contributed by atoms with E-state index in [1.54, 1.807) is 53.7 Å². The molecular formula is C22H19ClN2O3. The van der Waals surface area contributed by atoms with Crippen molar-refractivity contribution in [2.75, 3.05) is 13.1 Å². The van der Waals surface area contributed by atoms with Crippen LogP contribution in [0.25, 0.3) is 0 Å². The van der Waals surface area contributed by atoms with Gasteiger partial charge >= 0.3 is 0 Å². The minimum atomic E-state index is -0.0849. The average Bonchev–Trinajstić information content (AvgIpc) is 3.41. The molecule has 1 aromatic heterocycles. The highest BCUT2D eigenvalue weighted by atomic mass is 35.5. The fourth-order valence-corrected chi connectivity index (χ4v) is 3.49. The zero-order valence-corrected chi connectivity index (χ0v) is 15.9. The first-order chi connectivity index (χ1) is 13.6. The summed E-state index contributed by atoms with van der Waals surface area (Å²) in [7, 11) is 0. The summed E-state index contributed by atoms with van der Waals surface area (Å²) in [6, 6.07) is 15.8. The van der Waals surface area contributed by atoms with E-state index < -0.39 is 0 Å². The van der Waals surface area contributed by atoms with Gasteiger partial charge < -0.3 is 14.6 Å². The van der Waals surface area contributed by atoms with Crippen molar-refractivity contribution in [3.8, 4) is 5.75 Å². The maximum Gasteiger partial charge on any atom is 0.253 e. The third kappa shape index (κ3) is 3.80. The Morgan fingerprint density at radius 2 is 1.75 bits per heavy atom. The van der Waals surface area contributed by atoms with Crippen LogP contribution in [0.15, 0.2) is 67.0 Å². The number of benzene rings is 2. The van der Waals surface area contributed by atoms with Gasteiger partial charge in [0.15, 0.2) is 5.78 Å². The Hall–Kier alpha value is -3.05. The number of ketones is 1. The smallest absolute Gasteiger partial charge is 0.253 e. The molecule has 0 aliphatic carbocycles. The Labute approximate surface area is 167 Å². The van der Waals surface area contributed by atoms with Gasteiger partial charge in [0.1, 0.15) is 11.9 Å². The molecule has 1 aliphatic heterocycles. The summed E-state index contributed by atoms with van der Waals surface area (Å²) in [6.07, 6.45) is 4.03. The summed E-state index contributed by atoms with van der Waals surface area (Å²) >= 11 is 6.14. The van der Waals surface area contributed by atoms with Crippen molar-refractivity contribution in [3.05, 3.63) is 88.7 Å². The molecule has 2 heterocycles. The van der Waals surface area contributed by atoms with Crippen LogP contribution in [-0.2, 0) is 0 Å². The summed E-state index contributed by atoms with van der Waals surface area (Å²) in [5.74, 6) is 0.497. The van der Waals surface area contributed by atoms with E-state index in [9.17, 15) is 9.59 Å². The van der Waals surface area contributed by atoms with Crippen molar-refractivity contribution in [2.45, 2.75) is 12.5 Å². The van der Waals surface area contributed by atoms with Crippen LogP contribution in [-0.4, -0.2) is 40.8 Å². The van der Waals surface area contributed by atoms with E-state index in [4.69, 9.17) is 16.3 Å². The van der Waals surface area contributed by atoms with Crippen LogP contribution in [0.4, 0.5) is 0 Å². The number of carbonyl (C=O) groups excluding carboxylic acids is 2. The van der Waals surface area contributed by atoms with Gasteiger partial charge in [-0.2, -0.15) is 0 Å². The van der Waals surface area contributed by atoms with E-state index in [-0.39, 0.29) is 17.8 Å². The second-order valence-electron chi connectivity index (χ2n) is 6.72. The zero-order chi connectivity index (χ0) is 19.5. The Bertz CT molecular complexity index is 983. The van der Waals surface area contributed by atoms with Crippen molar-refractivity contribution in [3.63, 3.8) is 0 Å². The molecule has 28 heavy (non-hydrogen) atoms. The lowest BCUT2D eigenvalue weighted by Gasteiger charge is -2.18. The minimum Gasteiger partial charge on any atom is -0.487 e. The number of likely N-dealkylation sites (tertiary alicyclic amines) is 1. The van der Waals surface area contributed by atoms with E-state index >= 15 is 0 Å². The van der Waals surface area contributed by atoms with Crippen molar-refractivity contribution in [1.82, 2.24) is 9.88 Å². The number of hydrogen-bond acceptors (Lipinski definition) is 3. The predicted octanol–water partition coefficient (Wildman–Crippen LogP) is 4.19. The van der Waals surface area contributed by atoms with Crippen LogP contribution in [0, 0.1) is 0 Å².